The van der Waals surface area contributed by atoms with Crippen LogP contribution in [-0.4, -0.2) is 30.6 Å². The highest BCUT2D eigenvalue weighted by molar-refractivity contribution is 4.98. The fourth-order valence-corrected chi connectivity index (χ4v) is 3.49. The second kappa shape index (κ2) is 8.00. The maximum absolute atomic E-state index is 5.53. The minimum absolute atomic E-state index is 0.450. The van der Waals surface area contributed by atoms with E-state index >= 15 is 0 Å². The molecule has 0 spiro atoms. The van der Waals surface area contributed by atoms with Crippen LogP contribution in [0.4, 0.5) is 0 Å². The van der Waals surface area contributed by atoms with Gasteiger partial charge in [-0.3, -0.25) is 4.90 Å². The van der Waals surface area contributed by atoms with Gasteiger partial charge in [0, 0.05) is 19.1 Å². The Balaban J connectivity index is 1.98. The summed E-state index contributed by atoms with van der Waals surface area (Å²) < 4.78 is 5.53. The Morgan fingerprint density at radius 2 is 2.05 bits per heavy atom. The lowest BCUT2D eigenvalue weighted by molar-refractivity contribution is 0.0947. The van der Waals surface area contributed by atoms with Crippen LogP contribution in [0.5, 0.6) is 0 Å². The van der Waals surface area contributed by atoms with Gasteiger partial charge in [-0.05, 0) is 36.9 Å². The van der Waals surface area contributed by atoms with Crippen LogP contribution in [0.25, 0.3) is 0 Å². The smallest absolute Gasteiger partial charge is 0.117 e. The topological polar surface area (TPSA) is 28.4 Å². The zero-order chi connectivity index (χ0) is 15.1. The molecule has 0 amide bonds. The number of rotatable bonds is 8. The molecule has 3 heteroatoms. The molecule has 0 unspecified atom stereocenters. The molecule has 1 aliphatic rings. The molecule has 0 radical (unpaired) electrons. The van der Waals surface area contributed by atoms with Crippen LogP contribution in [0.1, 0.15) is 58.6 Å². The van der Waals surface area contributed by atoms with Gasteiger partial charge in [-0.15, -0.1) is 0 Å². The summed E-state index contributed by atoms with van der Waals surface area (Å²) in [5, 5.41) is 3.69. The van der Waals surface area contributed by atoms with E-state index < -0.39 is 0 Å². The maximum Gasteiger partial charge on any atom is 0.117 e. The largest absolute Gasteiger partial charge is 0.468 e. The quantitative estimate of drug-likeness (QED) is 0.783. The van der Waals surface area contributed by atoms with Gasteiger partial charge in [0.2, 0.25) is 0 Å². The van der Waals surface area contributed by atoms with Crippen molar-refractivity contribution in [2.75, 3.05) is 19.6 Å². The van der Waals surface area contributed by atoms with Crippen molar-refractivity contribution in [3.8, 4) is 0 Å². The summed E-state index contributed by atoms with van der Waals surface area (Å²) in [5.41, 5.74) is 0.450. The van der Waals surface area contributed by atoms with E-state index in [1.807, 2.05) is 6.07 Å². The second-order valence-electron chi connectivity index (χ2n) is 6.98. The van der Waals surface area contributed by atoms with Crippen LogP contribution in [-0.2, 0) is 6.54 Å². The lowest BCUT2D eigenvalue weighted by Gasteiger charge is -2.41. The molecule has 120 valence electrons. The Morgan fingerprint density at radius 3 is 2.62 bits per heavy atom. The predicted octanol–water partition coefficient (Wildman–Crippen LogP) is 4.05. The minimum Gasteiger partial charge on any atom is -0.468 e. The van der Waals surface area contributed by atoms with Crippen molar-refractivity contribution in [3.05, 3.63) is 24.2 Å². The van der Waals surface area contributed by atoms with Crippen molar-refractivity contribution in [2.24, 2.45) is 5.41 Å². The van der Waals surface area contributed by atoms with Crippen LogP contribution in [0.2, 0.25) is 0 Å². The van der Waals surface area contributed by atoms with Gasteiger partial charge in [-0.1, -0.05) is 40.0 Å². The Morgan fingerprint density at radius 1 is 1.29 bits per heavy atom. The molecule has 1 aromatic rings. The summed E-state index contributed by atoms with van der Waals surface area (Å²) in [4.78, 5) is 2.55. The molecule has 1 fully saturated rings. The summed E-state index contributed by atoms with van der Waals surface area (Å²) >= 11 is 0. The lowest BCUT2D eigenvalue weighted by atomic mass is 9.73. The molecule has 0 aromatic carbocycles. The Labute approximate surface area is 130 Å². The molecule has 1 heterocycles. The summed E-state index contributed by atoms with van der Waals surface area (Å²) in [6, 6.07) is 4.64. The van der Waals surface area contributed by atoms with Crippen LogP contribution in [0.3, 0.4) is 0 Å². The third-order valence-corrected chi connectivity index (χ3v) is 4.77. The normalized spacial score (nSPS) is 18.5. The molecule has 2 rings (SSSR count). The fraction of sp³-hybridized carbons (Fsp3) is 0.778. The highest BCUT2D eigenvalue weighted by atomic mass is 16.3. The first kappa shape index (κ1) is 16.6. The van der Waals surface area contributed by atoms with Gasteiger partial charge in [-0.25, -0.2) is 0 Å². The van der Waals surface area contributed by atoms with E-state index in [0.717, 1.165) is 25.4 Å². The van der Waals surface area contributed by atoms with Crippen LogP contribution < -0.4 is 5.32 Å². The molecule has 21 heavy (non-hydrogen) atoms. The van der Waals surface area contributed by atoms with Crippen molar-refractivity contribution < 1.29 is 4.42 Å². The maximum atomic E-state index is 5.53. The van der Waals surface area contributed by atoms with Gasteiger partial charge in [0.25, 0.3) is 0 Å². The molecule has 1 aromatic heterocycles. The highest BCUT2D eigenvalue weighted by Gasteiger charge is 2.33. The van der Waals surface area contributed by atoms with Crippen molar-refractivity contribution in [2.45, 2.75) is 65.5 Å². The second-order valence-corrected chi connectivity index (χ2v) is 6.98. The van der Waals surface area contributed by atoms with Gasteiger partial charge >= 0.3 is 0 Å². The van der Waals surface area contributed by atoms with Gasteiger partial charge in [0.1, 0.15) is 5.76 Å². The average molecular weight is 292 g/mol. The third kappa shape index (κ3) is 5.15. The number of nitrogens with one attached hydrogen (secondary N) is 1. The third-order valence-electron chi connectivity index (χ3n) is 4.77. The first-order valence-electron chi connectivity index (χ1n) is 8.62. The van der Waals surface area contributed by atoms with Crippen molar-refractivity contribution >= 4 is 0 Å². The molecular formula is C18H32N2O. The highest BCUT2D eigenvalue weighted by Crippen LogP contribution is 2.37. The molecular weight excluding hydrogens is 260 g/mol. The molecule has 3 nitrogen and oxygen atoms in total. The summed E-state index contributed by atoms with van der Waals surface area (Å²) in [5.74, 6) is 1.08. The molecule has 1 aliphatic carbocycles. The molecule has 0 bridgehead atoms. The Kier molecular flexibility index (Phi) is 6.31. The van der Waals surface area contributed by atoms with E-state index in [1.54, 1.807) is 6.26 Å². The lowest BCUT2D eigenvalue weighted by Crippen LogP contribution is -2.46. The average Bonchev–Trinajstić information content (AvgIpc) is 2.98. The van der Waals surface area contributed by atoms with Crippen molar-refractivity contribution in [1.82, 2.24) is 10.2 Å². The van der Waals surface area contributed by atoms with Crippen LogP contribution in [0, 0.1) is 5.41 Å². The molecule has 0 aliphatic heterocycles. The Bertz CT molecular complexity index is 380. The molecule has 1 N–H and O–H groups in total. The SMILES string of the molecule is CCN(Cc1ccco1)CC1(CNC(C)C)CCCCC1. The predicted molar refractivity (Wildman–Crippen MR) is 88.3 cm³/mol. The number of hydrogen-bond acceptors (Lipinski definition) is 3. The van der Waals surface area contributed by atoms with E-state index in [-0.39, 0.29) is 0 Å². The van der Waals surface area contributed by atoms with Crippen LogP contribution in [0.15, 0.2) is 22.8 Å². The molecule has 0 atom stereocenters. The van der Waals surface area contributed by atoms with Gasteiger partial charge in [0.15, 0.2) is 0 Å². The van der Waals surface area contributed by atoms with Gasteiger partial charge in [0.05, 0.1) is 12.8 Å². The van der Waals surface area contributed by atoms with E-state index in [2.05, 4.69) is 37.1 Å². The van der Waals surface area contributed by atoms with Gasteiger partial charge < -0.3 is 9.73 Å². The van der Waals surface area contributed by atoms with E-state index in [9.17, 15) is 0 Å². The van der Waals surface area contributed by atoms with Gasteiger partial charge in [-0.2, -0.15) is 0 Å². The zero-order valence-electron chi connectivity index (χ0n) is 14.0. The summed E-state index contributed by atoms with van der Waals surface area (Å²) in [6.07, 6.45) is 8.69. The van der Waals surface area contributed by atoms with E-state index in [4.69, 9.17) is 4.42 Å². The fourth-order valence-electron chi connectivity index (χ4n) is 3.49. The van der Waals surface area contributed by atoms with Crippen molar-refractivity contribution in [3.63, 3.8) is 0 Å². The minimum atomic E-state index is 0.450. The standard InChI is InChI=1S/C18H32N2O/c1-4-20(13-17-9-8-12-21-17)15-18(14-19-16(2)3)10-6-5-7-11-18/h8-9,12,16,19H,4-7,10-11,13-15H2,1-3H3. The summed E-state index contributed by atoms with van der Waals surface area (Å²) in [6.45, 7) is 11.1. The molecule has 1 saturated carbocycles. The first-order chi connectivity index (χ1) is 10.1. The number of nitrogens with zero attached hydrogens (tertiary/aromatic N) is 1. The number of furan rings is 1. The summed E-state index contributed by atoms with van der Waals surface area (Å²) in [7, 11) is 0. The van der Waals surface area contributed by atoms with Crippen LogP contribution >= 0.6 is 0 Å². The molecule has 0 saturated heterocycles. The van der Waals surface area contributed by atoms with Crippen molar-refractivity contribution in [1.29, 1.82) is 0 Å². The number of hydrogen-bond donors (Lipinski definition) is 1. The first-order valence-corrected chi connectivity index (χ1v) is 8.62. The Hall–Kier alpha value is -0.800. The monoisotopic (exact) mass is 292 g/mol. The zero-order valence-corrected chi connectivity index (χ0v) is 14.0. The van der Waals surface area contributed by atoms with E-state index in [0.29, 0.717) is 11.5 Å². The van der Waals surface area contributed by atoms with E-state index in [1.165, 1.54) is 38.6 Å².